The molecule has 1 aliphatic rings. The molecule has 2 unspecified atom stereocenters. The van der Waals surface area contributed by atoms with Gasteiger partial charge in [0.25, 0.3) is 0 Å². The standard InChI is InChI=1S/C9H10ClN/c1-7(10)9-5-3-2-4-8(9)6-11/h2-6,8-9,11H,1H2. The lowest BCUT2D eigenvalue weighted by Crippen LogP contribution is -2.13. The zero-order chi connectivity index (χ0) is 8.27. The Kier molecular flexibility index (Phi) is 2.66. The van der Waals surface area contributed by atoms with Gasteiger partial charge in [0.15, 0.2) is 0 Å². The van der Waals surface area contributed by atoms with Crippen molar-refractivity contribution in [2.75, 3.05) is 0 Å². The van der Waals surface area contributed by atoms with Crippen LogP contribution in [0.15, 0.2) is 35.9 Å². The largest absolute Gasteiger partial charge is 0.312 e. The molecule has 0 saturated carbocycles. The summed E-state index contributed by atoms with van der Waals surface area (Å²) in [5.74, 6) is 0.184. The number of halogens is 1. The molecule has 0 saturated heterocycles. The molecule has 1 aliphatic carbocycles. The van der Waals surface area contributed by atoms with Crippen molar-refractivity contribution in [3.05, 3.63) is 35.9 Å². The fraction of sp³-hybridized carbons (Fsp3) is 0.222. The zero-order valence-electron chi connectivity index (χ0n) is 6.13. The van der Waals surface area contributed by atoms with Crippen molar-refractivity contribution in [1.82, 2.24) is 0 Å². The van der Waals surface area contributed by atoms with Gasteiger partial charge in [0.1, 0.15) is 0 Å². The summed E-state index contributed by atoms with van der Waals surface area (Å²) in [6.45, 7) is 3.65. The maximum Gasteiger partial charge on any atom is 0.0236 e. The molecule has 0 bridgehead atoms. The van der Waals surface area contributed by atoms with Crippen molar-refractivity contribution in [3.8, 4) is 0 Å². The molecular formula is C9H10ClN. The Hall–Kier alpha value is -0.820. The second-order valence-electron chi connectivity index (χ2n) is 2.49. The molecule has 0 aromatic carbocycles. The van der Waals surface area contributed by atoms with Gasteiger partial charge in [-0.2, -0.15) is 0 Å². The van der Waals surface area contributed by atoms with Crippen molar-refractivity contribution < 1.29 is 0 Å². The number of hydrogen-bond acceptors (Lipinski definition) is 1. The normalized spacial score (nSPS) is 28.5. The molecule has 2 atom stereocenters. The summed E-state index contributed by atoms with van der Waals surface area (Å²) in [5.41, 5.74) is 0. The molecule has 0 aromatic heterocycles. The second kappa shape index (κ2) is 3.54. The topological polar surface area (TPSA) is 23.9 Å². The first-order valence-corrected chi connectivity index (χ1v) is 3.83. The Labute approximate surface area is 71.6 Å². The average molecular weight is 168 g/mol. The van der Waals surface area contributed by atoms with E-state index < -0.39 is 0 Å². The van der Waals surface area contributed by atoms with Crippen LogP contribution < -0.4 is 0 Å². The average Bonchev–Trinajstić information content (AvgIpc) is 2.04. The van der Waals surface area contributed by atoms with E-state index in [1.165, 1.54) is 6.21 Å². The maximum absolute atomic E-state index is 7.11. The minimum atomic E-state index is 0.0880. The van der Waals surface area contributed by atoms with Gasteiger partial charge < -0.3 is 5.41 Å². The molecule has 0 radical (unpaired) electrons. The van der Waals surface area contributed by atoms with Gasteiger partial charge in [0.2, 0.25) is 0 Å². The van der Waals surface area contributed by atoms with Crippen LogP contribution in [-0.4, -0.2) is 6.21 Å². The molecule has 0 aliphatic heterocycles. The van der Waals surface area contributed by atoms with Gasteiger partial charge in [-0.1, -0.05) is 42.5 Å². The molecular weight excluding hydrogens is 158 g/mol. The van der Waals surface area contributed by atoms with E-state index in [1.54, 1.807) is 0 Å². The van der Waals surface area contributed by atoms with E-state index >= 15 is 0 Å². The maximum atomic E-state index is 7.11. The van der Waals surface area contributed by atoms with E-state index in [1.807, 2.05) is 24.3 Å². The van der Waals surface area contributed by atoms with Crippen LogP contribution in [0.25, 0.3) is 0 Å². The fourth-order valence-corrected chi connectivity index (χ4v) is 1.31. The summed E-state index contributed by atoms with van der Waals surface area (Å²) < 4.78 is 0. The van der Waals surface area contributed by atoms with E-state index in [2.05, 4.69) is 6.58 Å². The molecule has 1 rings (SSSR count). The van der Waals surface area contributed by atoms with E-state index in [4.69, 9.17) is 17.0 Å². The summed E-state index contributed by atoms with van der Waals surface area (Å²) in [4.78, 5) is 0. The Morgan fingerprint density at radius 2 is 2.09 bits per heavy atom. The highest BCUT2D eigenvalue weighted by atomic mass is 35.5. The predicted octanol–water partition coefficient (Wildman–Crippen LogP) is 2.75. The lowest BCUT2D eigenvalue weighted by molar-refractivity contribution is 0.702. The Morgan fingerprint density at radius 3 is 2.55 bits per heavy atom. The third kappa shape index (κ3) is 1.81. The highest BCUT2D eigenvalue weighted by Gasteiger charge is 2.17. The van der Waals surface area contributed by atoms with Crippen LogP contribution in [0.1, 0.15) is 0 Å². The van der Waals surface area contributed by atoms with Crippen molar-refractivity contribution >= 4 is 17.8 Å². The molecule has 58 valence electrons. The molecule has 0 aromatic rings. The van der Waals surface area contributed by atoms with Crippen LogP contribution in [0.2, 0.25) is 0 Å². The third-order valence-electron chi connectivity index (χ3n) is 1.73. The highest BCUT2D eigenvalue weighted by Crippen LogP contribution is 2.26. The molecule has 1 N–H and O–H groups in total. The van der Waals surface area contributed by atoms with E-state index in [0.717, 1.165) is 0 Å². The van der Waals surface area contributed by atoms with Crippen molar-refractivity contribution in [2.45, 2.75) is 0 Å². The Bertz CT molecular complexity index is 228. The summed E-state index contributed by atoms with van der Waals surface area (Å²) in [5, 5.41) is 7.71. The summed E-state index contributed by atoms with van der Waals surface area (Å²) in [7, 11) is 0. The smallest absolute Gasteiger partial charge is 0.0236 e. The van der Waals surface area contributed by atoms with Crippen LogP contribution >= 0.6 is 11.6 Å². The van der Waals surface area contributed by atoms with Gasteiger partial charge in [-0.3, -0.25) is 0 Å². The van der Waals surface area contributed by atoms with Gasteiger partial charge in [0.05, 0.1) is 0 Å². The predicted molar refractivity (Wildman–Crippen MR) is 49.0 cm³/mol. The van der Waals surface area contributed by atoms with Crippen molar-refractivity contribution in [2.24, 2.45) is 11.8 Å². The number of hydrogen-bond donors (Lipinski definition) is 1. The molecule has 1 nitrogen and oxygen atoms in total. The summed E-state index contributed by atoms with van der Waals surface area (Å²) in [6.07, 6.45) is 9.15. The van der Waals surface area contributed by atoms with Crippen LogP contribution in [-0.2, 0) is 0 Å². The van der Waals surface area contributed by atoms with Crippen molar-refractivity contribution in [3.63, 3.8) is 0 Å². The number of nitrogens with one attached hydrogen (secondary N) is 1. The molecule has 0 fully saturated rings. The molecule has 2 heteroatoms. The molecule has 0 amide bonds. The van der Waals surface area contributed by atoms with Crippen LogP contribution in [0.3, 0.4) is 0 Å². The second-order valence-corrected chi connectivity index (χ2v) is 2.97. The third-order valence-corrected chi connectivity index (χ3v) is 1.98. The lowest BCUT2D eigenvalue weighted by atomic mass is 9.89. The van der Waals surface area contributed by atoms with Crippen LogP contribution in [0.4, 0.5) is 0 Å². The van der Waals surface area contributed by atoms with Gasteiger partial charge in [-0.25, -0.2) is 0 Å². The minimum Gasteiger partial charge on any atom is -0.312 e. The first kappa shape index (κ1) is 8.28. The fourth-order valence-electron chi connectivity index (χ4n) is 1.10. The van der Waals surface area contributed by atoms with Gasteiger partial charge in [-0.15, -0.1) is 0 Å². The summed E-state index contributed by atoms with van der Waals surface area (Å²) >= 11 is 5.75. The van der Waals surface area contributed by atoms with Crippen LogP contribution in [0, 0.1) is 17.2 Å². The first-order valence-electron chi connectivity index (χ1n) is 3.45. The first-order chi connectivity index (χ1) is 5.25. The van der Waals surface area contributed by atoms with Crippen molar-refractivity contribution in [1.29, 1.82) is 5.41 Å². The van der Waals surface area contributed by atoms with Gasteiger partial charge in [-0.05, 0) is 0 Å². The monoisotopic (exact) mass is 167 g/mol. The Morgan fingerprint density at radius 1 is 1.45 bits per heavy atom. The SMILES string of the molecule is C=C(Cl)C1C=CC=CC1C=N. The quantitative estimate of drug-likeness (QED) is 0.612. The minimum absolute atomic E-state index is 0.0880. The lowest BCUT2D eigenvalue weighted by Gasteiger charge is -2.18. The molecule has 0 spiro atoms. The van der Waals surface area contributed by atoms with E-state index in [9.17, 15) is 0 Å². The van der Waals surface area contributed by atoms with Gasteiger partial charge in [0, 0.05) is 23.1 Å². The number of allylic oxidation sites excluding steroid dienone is 5. The number of rotatable bonds is 2. The van der Waals surface area contributed by atoms with E-state index in [0.29, 0.717) is 5.03 Å². The molecule has 11 heavy (non-hydrogen) atoms. The zero-order valence-corrected chi connectivity index (χ0v) is 6.88. The summed E-state index contributed by atoms with van der Waals surface area (Å²) in [6, 6.07) is 0. The van der Waals surface area contributed by atoms with Crippen LogP contribution in [0.5, 0.6) is 0 Å². The van der Waals surface area contributed by atoms with E-state index in [-0.39, 0.29) is 11.8 Å². The Balaban J connectivity index is 2.78. The highest BCUT2D eigenvalue weighted by molar-refractivity contribution is 6.29. The molecule has 0 heterocycles. The van der Waals surface area contributed by atoms with Gasteiger partial charge >= 0.3 is 0 Å².